The van der Waals surface area contributed by atoms with Gasteiger partial charge in [-0.2, -0.15) is 0 Å². The van der Waals surface area contributed by atoms with Gasteiger partial charge in [-0.1, -0.05) is 64.0 Å². The molecule has 0 amide bonds. The van der Waals surface area contributed by atoms with E-state index in [0.29, 0.717) is 6.42 Å². The average Bonchev–Trinajstić information content (AvgIpc) is 2.79. The van der Waals surface area contributed by atoms with Gasteiger partial charge in [0.15, 0.2) is 0 Å². The maximum Gasteiger partial charge on any atom is 0.305 e. The quantitative estimate of drug-likeness (QED) is 0.0862. The number of aliphatic hydroxyl groups excluding tert-OH is 6. The molecule has 8 heteroatoms. The van der Waals surface area contributed by atoms with Crippen molar-refractivity contribution in [3.63, 3.8) is 0 Å². The molecule has 0 aliphatic heterocycles. The molecule has 0 fully saturated rings. The zero-order valence-corrected chi connectivity index (χ0v) is 19.6. The van der Waals surface area contributed by atoms with Crippen LogP contribution < -0.4 is 0 Å². The molecule has 5 atom stereocenters. The van der Waals surface area contributed by atoms with Crippen LogP contribution in [0.4, 0.5) is 0 Å². The Morgan fingerprint density at radius 3 is 2.12 bits per heavy atom. The molecular weight excluding hydrogens is 416 g/mol. The number of carbonyl (C=O) groups is 1. The van der Waals surface area contributed by atoms with Gasteiger partial charge >= 0.3 is 5.97 Å². The molecule has 0 heterocycles. The zero-order chi connectivity index (χ0) is 24.2. The molecule has 0 bridgehead atoms. The Balaban J connectivity index is 3.63. The lowest BCUT2D eigenvalue weighted by molar-refractivity contribution is -0.156. The monoisotopic (exact) mass is 462 g/mol. The minimum atomic E-state index is -1.73. The fraction of sp³-hybridized carbons (Fsp3) is 0.875. The highest BCUT2D eigenvalue weighted by molar-refractivity contribution is 5.69. The van der Waals surface area contributed by atoms with Crippen molar-refractivity contribution in [3.8, 4) is 0 Å². The molecule has 0 saturated heterocycles. The number of carbonyl (C=O) groups excluding carboxylic acids is 1. The van der Waals surface area contributed by atoms with Gasteiger partial charge in [-0.25, -0.2) is 0 Å². The van der Waals surface area contributed by atoms with Gasteiger partial charge in [0.1, 0.15) is 31.0 Å². The fourth-order valence-electron chi connectivity index (χ4n) is 3.27. The van der Waals surface area contributed by atoms with Crippen LogP contribution in [0.2, 0.25) is 0 Å². The van der Waals surface area contributed by atoms with E-state index in [1.54, 1.807) is 0 Å². The van der Waals surface area contributed by atoms with Crippen molar-refractivity contribution in [2.45, 2.75) is 121 Å². The normalized spacial score (nSPS) is 16.6. The molecule has 0 rings (SSSR count). The van der Waals surface area contributed by atoms with Crippen molar-refractivity contribution in [2.24, 2.45) is 0 Å². The van der Waals surface area contributed by atoms with Crippen LogP contribution in [0.15, 0.2) is 12.2 Å². The Morgan fingerprint density at radius 2 is 1.44 bits per heavy atom. The summed E-state index contributed by atoms with van der Waals surface area (Å²) in [6, 6.07) is 0. The molecule has 0 aromatic rings. The summed E-state index contributed by atoms with van der Waals surface area (Å²) in [5, 5.41) is 56.7. The number of rotatable bonds is 21. The first-order valence-corrected chi connectivity index (χ1v) is 12.1. The van der Waals surface area contributed by atoms with Crippen molar-refractivity contribution in [3.05, 3.63) is 12.2 Å². The zero-order valence-electron chi connectivity index (χ0n) is 19.6. The summed E-state index contributed by atoms with van der Waals surface area (Å²) < 4.78 is 4.88. The van der Waals surface area contributed by atoms with Crippen LogP contribution >= 0.6 is 0 Å². The second-order valence-corrected chi connectivity index (χ2v) is 8.50. The highest BCUT2D eigenvalue weighted by atomic mass is 16.5. The molecule has 0 spiro atoms. The second kappa shape index (κ2) is 20.6. The summed E-state index contributed by atoms with van der Waals surface area (Å²) in [5.41, 5.74) is 0. The predicted octanol–water partition coefficient (Wildman–Crippen LogP) is 1.97. The van der Waals surface area contributed by atoms with Gasteiger partial charge in [0.2, 0.25) is 0 Å². The van der Waals surface area contributed by atoms with E-state index in [9.17, 15) is 30.3 Å². The third-order valence-corrected chi connectivity index (χ3v) is 5.46. The van der Waals surface area contributed by atoms with Crippen molar-refractivity contribution in [2.75, 3.05) is 13.2 Å². The van der Waals surface area contributed by atoms with E-state index in [1.165, 1.54) is 19.3 Å². The van der Waals surface area contributed by atoms with Crippen LogP contribution in [0, 0.1) is 0 Å². The molecule has 32 heavy (non-hydrogen) atoms. The molecular formula is C24H46O8. The first-order valence-electron chi connectivity index (χ1n) is 12.1. The van der Waals surface area contributed by atoms with E-state index in [4.69, 9.17) is 9.84 Å². The number of hydrogen-bond acceptors (Lipinski definition) is 8. The van der Waals surface area contributed by atoms with E-state index in [2.05, 4.69) is 19.1 Å². The van der Waals surface area contributed by atoms with E-state index < -0.39 is 43.6 Å². The molecule has 0 aliphatic rings. The van der Waals surface area contributed by atoms with Crippen molar-refractivity contribution in [1.29, 1.82) is 0 Å². The lowest BCUT2D eigenvalue weighted by Crippen LogP contribution is -2.47. The Kier molecular flexibility index (Phi) is 19.9. The van der Waals surface area contributed by atoms with Crippen LogP contribution in [0.3, 0.4) is 0 Å². The van der Waals surface area contributed by atoms with E-state index in [0.717, 1.165) is 51.4 Å². The maximum atomic E-state index is 11.7. The first-order chi connectivity index (χ1) is 15.3. The fourth-order valence-corrected chi connectivity index (χ4v) is 3.27. The predicted molar refractivity (Wildman–Crippen MR) is 123 cm³/mol. The molecule has 190 valence electrons. The highest BCUT2D eigenvalue weighted by Crippen LogP contribution is 2.11. The number of aliphatic hydroxyl groups is 6. The molecule has 6 N–H and O–H groups in total. The average molecular weight is 463 g/mol. The highest BCUT2D eigenvalue weighted by Gasteiger charge is 2.30. The SMILES string of the molecule is CCCCCC[C@@H](O)CC=CCCCCCCCC(=O)OC[C@H](O)[C@@H](O)[C@H](O)[C@H](O)CO. The van der Waals surface area contributed by atoms with Gasteiger partial charge in [-0.3, -0.25) is 4.79 Å². The summed E-state index contributed by atoms with van der Waals surface area (Å²) in [6.07, 6.45) is 9.60. The Morgan fingerprint density at radius 1 is 0.812 bits per heavy atom. The van der Waals surface area contributed by atoms with Crippen LogP contribution in [-0.2, 0) is 9.53 Å². The molecule has 0 radical (unpaired) electrons. The summed E-state index contributed by atoms with van der Waals surface area (Å²) in [5.74, 6) is -0.496. The van der Waals surface area contributed by atoms with E-state index in [1.807, 2.05) is 0 Å². The number of esters is 1. The number of unbranched alkanes of at least 4 members (excludes halogenated alkanes) is 8. The third-order valence-electron chi connectivity index (χ3n) is 5.46. The van der Waals surface area contributed by atoms with E-state index >= 15 is 0 Å². The van der Waals surface area contributed by atoms with Gasteiger partial charge in [0.25, 0.3) is 0 Å². The largest absolute Gasteiger partial charge is 0.463 e. The van der Waals surface area contributed by atoms with Crippen LogP contribution in [-0.4, -0.2) is 80.3 Å². The van der Waals surface area contributed by atoms with Gasteiger partial charge < -0.3 is 35.4 Å². The van der Waals surface area contributed by atoms with Gasteiger partial charge in [-0.05, 0) is 32.1 Å². The van der Waals surface area contributed by atoms with Crippen LogP contribution in [0.5, 0.6) is 0 Å². The van der Waals surface area contributed by atoms with Crippen molar-refractivity contribution < 1.29 is 40.2 Å². The first kappa shape index (κ1) is 31.0. The maximum absolute atomic E-state index is 11.7. The van der Waals surface area contributed by atoms with Gasteiger partial charge in [0.05, 0.1) is 12.7 Å². The van der Waals surface area contributed by atoms with Gasteiger partial charge in [0, 0.05) is 6.42 Å². The second-order valence-electron chi connectivity index (χ2n) is 8.50. The van der Waals surface area contributed by atoms with Crippen molar-refractivity contribution >= 4 is 5.97 Å². The minimum absolute atomic E-state index is 0.209. The summed E-state index contributed by atoms with van der Waals surface area (Å²) >= 11 is 0. The van der Waals surface area contributed by atoms with Crippen LogP contribution in [0.25, 0.3) is 0 Å². The Labute approximate surface area is 192 Å². The summed E-state index contributed by atoms with van der Waals surface area (Å²) in [6.45, 7) is 0.927. The summed E-state index contributed by atoms with van der Waals surface area (Å²) in [7, 11) is 0. The number of allylic oxidation sites excluding steroid dienone is 1. The molecule has 0 aliphatic carbocycles. The molecule has 8 nitrogen and oxygen atoms in total. The lowest BCUT2D eigenvalue weighted by atomic mass is 10.0. The standard InChI is InChI=1S/C24H46O8/c1-2-3-4-11-14-19(26)15-12-9-7-5-6-8-10-13-16-22(29)32-18-21(28)24(31)23(30)20(27)17-25/h9,12,19-21,23-28,30-31H,2-8,10-11,13-18H2,1H3/t19-,20-,21+,23-,24-/m1/s1. The topological polar surface area (TPSA) is 148 Å². The lowest BCUT2D eigenvalue weighted by Gasteiger charge is -2.25. The minimum Gasteiger partial charge on any atom is -0.463 e. The van der Waals surface area contributed by atoms with Gasteiger partial charge in [-0.15, -0.1) is 0 Å². The number of hydrogen-bond donors (Lipinski definition) is 6. The summed E-state index contributed by atoms with van der Waals surface area (Å²) in [4.78, 5) is 11.7. The van der Waals surface area contributed by atoms with E-state index in [-0.39, 0.29) is 12.5 Å². The molecule has 0 saturated carbocycles. The number of ether oxygens (including phenoxy) is 1. The smallest absolute Gasteiger partial charge is 0.305 e. The molecule has 0 aromatic heterocycles. The van der Waals surface area contributed by atoms with Crippen molar-refractivity contribution in [1.82, 2.24) is 0 Å². The Bertz CT molecular complexity index is 471. The van der Waals surface area contributed by atoms with Crippen LogP contribution in [0.1, 0.15) is 90.4 Å². The third kappa shape index (κ3) is 16.6. The molecule has 0 aromatic carbocycles. The Hall–Kier alpha value is -1.03. The molecule has 0 unspecified atom stereocenters.